The van der Waals surface area contributed by atoms with Crippen LogP contribution in [0.3, 0.4) is 0 Å². The molecule has 0 aliphatic carbocycles. The number of amides is 2. The van der Waals surface area contributed by atoms with Gasteiger partial charge in [-0.05, 0) is 48.6 Å². The normalized spacial score (nSPS) is 16.5. The Balaban J connectivity index is 1.49. The van der Waals surface area contributed by atoms with Crippen molar-refractivity contribution in [2.45, 2.75) is 12.8 Å². The molecule has 0 saturated carbocycles. The molecule has 0 spiro atoms. The quantitative estimate of drug-likeness (QED) is 0.852. The maximum atomic E-state index is 12.4. The molecule has 1 aliphatic rings. The molecule has 1 saturated heterocycles. The van der Waals surface area contributed by atoms with Gasteiger partial charge in [-0.25, -0.2) is 4.79 Å². The van der Waals surface area contributed by atoms with E-state index in [1.165, 1.54) is 5.56 Å². The summed E-state index contributed by atoms with van der Waals surface area (Å²) in [4.78, 5) is 14.3. The average molecular weight is 338 g/mol. The van der Waals surface area contributed by atoms with E-state index in [4.69, 9.17) is 11.2 Å². The summed E-state index contributed by atoms with van der Waals surface area (Å²) in [6.45, 7) is 1.78. The van der Waals surface area contributed by atoms with E-state index in [1.807, 2.05) is 41.2 Å². The molecule has 0 radical (unpaired) electrons. The second kappa shape index (κ2) is 7.75. The summed E-state index contributed by atoms with van der Waals surface area (Å²) >= 11 is 0. The minimum atomic E-state index is -0.0639. The van der Waals surface area contributed by atoms with Crippen LogP contribution in [0.1, 0.15) is 12.0 Å². The third-order valence-corrected chi connectivity index (χ3v) is 4.28. The molecule has 1 unspecified atom stereocenters. The van der Waals surface area contributed by atoms with Crippen LogP contribution >= 0.6 is 0 Å². The van der Waals surface area contributed by atoms with E-state index in [0.717, 1.165) is 31.6 Å². The Morgan fingerprint density at radius 2 is 2.24 bits per heavy atom. The first-order valence-electron chi connectivity index (χ1n) is 8.34. The van der Waals surface area contributed by atoms with E-state index in [-0.39, 0.29) is 12.6 Å². The highest BCUT2D eigenvalue weighted by atomic mass is 16.5. The second-order valence-corrected chi connectivity index (χ2v) is 6.27. The maximum Gasteiger partial charge on any atom is 0.321 e. The summed E-state index contributed by atoms with van der Waals surface area (Å²) in [5.41, 5.74) is 1.96. The number of aryl methyl sites for hydroxylation is 1. The van der Waals surface area contributed by atoms with Crippen LogP contribution in [0.15, 0.2) is 36.7 Å². The maximum absolute atomic E-state index is 12.4. The minimum Gasteiger partial charge on any atom is -0.481 e. The molecule has 1 aromatic heterocycles. The van der Waals surface area contributed by atoms with Gasteiger partial charge in [0.15, 0.2) is 0 Å². The number of rotatable bonds is 5. The predicted molar refractivity (Wildman–Crippen MR) is 96.4 cm³/mol. The van der Waals surface area contributed by atoms with Crippen LogP contribution in [-0.2, 0) is 13.5 Å². The summed E-state index contributed by atoms with van der Waals surface area (Å²) in [7, 11) is 1.92. The zero-order chi connectivity index (χ0) is 17.6. The number of aromatic nitrogens is 2. The molecule has 2 amide bonds. The number of carbonyl (C=O) groups excluding carboxylic acids is 1. The summed E-state index contributed by atoms with van der Waals surface area (Å²) in [6.07, 6.45) is 11.1. The number of likely N-dealkylation sites (tertiary alicyclic amines) is 1. The third kappa shape index (κ3) is 4.54. The summed E-state index contributed by atoms with van der Waals surface area (Å²) in [5, 5.41) is 7.13. The van der Waals surface area contributed by atoms with Gasteiger partial charge >= 0.3 is 6.03 Å². The summed E-state index contributed by atoms with van der Waals surface area (Å²) in [5.74, 6) is 3.59. The van der Waals surface area contributed by atoms with Crippen molar-refractivity contribution in [2.24, 2.45) is 13.0 Å². The van der Waals surface area contributed by atoms with Gasteiger partial charge in [0.25, 0.3) is 0 Å². The molecular weight excluding hydrogens is 316 g/mol. The van der Waals surface area contributed by atoms with E-state index in [2.05, 4.69) is 16.3 Å². The third-order valence-electron chi connectivity index (χ3n) is 4.28. The number of benzene rings is 1. The Kier molecular flexibility index (Phi) is 5.24. The number of anilines is 1. The molecule has 1 N–H and O–H groups in total. The van der Waals surface area contributed by atoms with E-state index in [9.17, 15) is 4.79 Å². The minimum absolute atomic E-state index is 0.0639. The highest BCUT2D eigenvalue weighted by molar-refractivity contribution is 5.89. The first-order valence-corrected chi connectivity index (χ1v) is 8.34. The molecular formula is C19H22N4O2. The Hall–Kier alpha value is -2.94. The summed E-state index contributed by atoms with van der Waals surface area (Å²) < 4.78 is 7.13. The number of urea groups is 1. The number of hydrogen-bond donors (Lipinski definition) is 1. The van der Waals surface area contributed by atoms with Crippen molar-refractivity contribution in [1.29, 1.82) is 0 Å². The first kappa shape index (κ1) is 16.9. The van der Waals surface area contributed by atoms with Crippen molar-refractivity contribution in [3.63, 3.8) is 0 Å². The molecule has 6 nitrogen and oxygen atoms in total. The number of nitrogens with one attached hydrogen (secondary N) is 1. The fraction of sp³-hybridized carbons (Fsp3) is 0.368. The molecule has 1 aliphatic heterocycles. The van der Waals surface area contributed by atoms with Crippen molar-refractivity contribution in [2.75, 3.05) is 25.0 Å². The van der Waals surface area contributed by atoms with Crippen molar-refractivity contribution in [1.82, 2.24) is 14.7 Å². The average Bonchev–Trinajstić information content (AvgIpc) is 3.24. The lowest BCUT2D eigenvalue weighted by molar-refractivity contribution is 0.221. The van der Waals surface area contributed by atoms with Crippen molar-refractivity contribution in [3.8, 4) is 18.1 Å². The van der Waals surface area contributed by atoms with Gasteiger partial charge in [0, 0.05) is 32.0 Å². The number of hydrogen-bond acceptors (Lipinski definition) is 3. The fourth-order valence-corrected chi connectivity index (χ4v) is 3.06. The van der Waals surface area contributed by atoms with Gasteiger partial charge in [-0.3, -0.25) is 4.68 Å². The number of terminal acetylenes is 1. The Morgan fingerprint density at radius 1 is 1.44 bits per heavy atom. The van der Waals surface area contributed by atoms with Crippen molar-refractivity contribution in [3.05, 3.63) is 42.2 Å². The largest absolute Gasteiger partial charge is 0.481 e. The molecule has 0 bridgehead atoms. The Bertz CT molecular complexity index is 760. The molecule has 1 atom stereocenters. The number of ether oxygens (including phenoxy) is 1. The molecule has 6 heteroatoms. The predicted octanol–water partition coefficient (Wildman–Crippen LogP) is 2.53. The standard InChI is InChI=1S/C19H22N4O2/c1-3-10-25-18-6-4-17(5-7-18)21-19(24)23-9-8-15(14-23)11-16-12-20-22(2)13-16/h1,4-7,12-13,15H,8-11,14H2,2H3,(H,21,24). The Labute approximate surface area is 147 Å². The van der Waals surface area contributed by atoms with E-state index < -0.39 is 0 Å². The lowest BCUT2D eigenvalue weighted by Gasteiger charge is -2.17. The lowest BCUT2D eigenvalue weighted by atomic mass is 10.0. The van der Waals surface area contributed by atoms with Crippen molar-refractivity contribution >= 4 is 11.7 Å². The van der Waals surface area contributed by atoms with Gasteiger partial charge in [0.2, 0.25) is 0 Å². The molecule has 25 heavy (non-hydrogen) atoms. The molecule has 3 rings (SSSR count). The van der Waals surface area contributed by atoms with Crippen LogP contribution in [0.4, 0.5) is 10.5 Å². The van der Waals surface area contributed by atoms with E-state index in [0.29, 0.717) is 11.7 Å². The molecule has 2 heterocycles. The fourth-order valence-electron chi connectivity index (χ4n) is 3.06. The van der Waals surface area contributed by atoms with Crippen molar-refractivity contribution < 1.29 is 9.53 Å². The number of nitrogens with zero attached hydrogens (tertiary/aromatic N) is 3. The van der Waals surface area contributed by atoms with Gasteiger partial charge in [-0.1, -0.05) is 5.92 Å². The van der Waals surface area contributed by atoms with Crippen LogP contribution in [0.25, 0.3) is 0 Å². The van der Waals surface area contributed by atoms with E-state index >= 15 is 0 Å². The highest BCUT2D eigenvalue weighted by Gasteiger charge is 2.26. The van der Waals surface area contributed by atoms with Crippen LogP contribution in [-0.4, -0.2) is 40.4 Å². The van der Waals surface area contributed by atoms with Gasteiger partial charge in [-0.15, -0.1) is 6.42 Å². The van der Waals surface area contributed by atoms with Gasteiger partial charge in [0.1, 0.15) is 12.4 Å². The highest BCUT2D eigenvalue weighted by Crippen LogP contribution is 2.22. The monoisotopic (exact) mass is 338 g/mol. The zero-order valence-electron chi connectivity index (χ0n) is 14.3. The smallest absolute Gasteiger partial charge is 0.321 e. The molecule has 130 valence electrons. The summed E-state index contributed by atoms with van der Waals surface area (Å²) in [6, 6.07) is 7.15. The zero-order valence-corrected chi connectivity index (χ0v) is 14.3. The Morgan fingerprint density at radius 3 is 2.92 bits per heavy atom. The van der Waals surface area contributed by atoms with E-state index in [1.54, 1.807) is 12.1 Å². The first-order chi connectivity index (χ1) is 12.1. The van der Waals surface area contributed by atoms with Crippen LogP contribution in [0.2, 0.25) is 0 Å². The second-order valence-electron chi connectivity index (χ2n) is 6.27. The molecule has 2 aromatic rings. The van der Waals surface area contributed by atoms with Gasteiger partial charge in [-0.2, -0.15) is 5.10 Å². The molecule has 1 fully saturated rings. The van der Waals surface area contributed by atoms with Crippen LogP contribution in [0.5, 0.6) is 5.75 Å². The lowest BCUT2D eigenvalue weighted by Crippen LogP contribution is -2.33. The topological polar surface area (TPSA) is 59.4 Å². The van der Waals surface area contributed by atoms with Gasteiger partial charge in [0.05, 0.1) is 6.20 Å². The SMILES string of the molecule is C#CCOc1ccc(NC(=O)N2CCC(Cc3cnn(C)c3)C2)cc1. The molecule has 1 aromatic carbocycles. The van der Waals surface area contributed by atoms with Crippen LogP contribution in [0, 0.1) is 18.3 Å². The van der Waals surface area contributed by atoms with Gasteiger partial charge < -0.3 is 15.0 Å². The number of carbonyl (C=O) groups is 1. The van der Waals surface area contributed by atoms with Crippen LogP contribution < -0.4 is 10.1 Å².